The highest BCUT2D eigenvalue weighted by Gasteiger charge is 2.73. The van der Waals surface area contributed by atoms with Crippen molar-refractivity contribution in [2.75, 3.05) is 20.3 Å². The van der Waals surface area contributed by atoms with Crippen LogP contribution in [0.1, 0.15) is 210 Å². The Bertz CT molecular complexity index is 3660. The molecule has 33 heteroatoms. The second kappa shape index (κ2) is 36.6. The number of rotatable bonds is 25. The van der Waals surface area contributed by atoms with Gasteiger partial charge in [0.15, 0.2) is 43.8 Å². The van der Waals surface area contributed by atoms with E-state index < -0.39 is 182 Å². The molecule has 0 unspecified atom stereocenters. The second-order valence-electron chi connectivity index (χ2n) is 38.9. The first kappa shape index (κ1) is 90.8. The first-order valence-corrected chi connectivity index (χ1v) is 44.5. The van der Waals surface area contributed by atoms with Gasteiger partial charge in [-0.15, -0.1) is 0 Å². The van der Waals surface area contributed by atoms with Crippen LogP contribution in [0.15, 0.2) is 23.3 Å². The predicted molar refractivity (Wildman–Crippen MR) is 415 cm³/mol. The highest BCUT2D eigenvalue weighted by molar-refractivity contribution is 5.86. The summed E-state index contributed by atoms with van der Waals surface area (Å²) >= 11 is 0. The summed E-state index contributed by atoms with van der Waals surface area (Å²) in [6.45, 7) is 21.6. The van der Waals surface area contributed by atoms with Crippen molar-refractivity contribution in [1.82, 2.24) is 0 Å². The Morgan fingerprint density at radius 1 is 0.388 bits per heavy atom. The van der Waals surface area contributed by atoms with Gasteiger partial charge in [-0.25, -0.2) is 9.59 Å². The SMILES string of the molecule is CO[C@H]1[C@@H](O)C[C@H](O[C@H]2[C@@H](O)C[C@H](O[C@H]3[C@@H](O)C[C@H](O[C@H]4CC[C@@]5(C)[C@H](CC[C@@H]6[C@@H]5C[C@@H](O)[C@]5(C)[C@@H](C7=CC(=O)OC7)CC[C@]65O)C4)O[C@@H]3C)O[C@@H]2C)O[C@@H]1C.C[C@H]1O[C@@H](O[C@H]2[C@@H](OC=O)C[C@H](O[C@H]3[C@@H](OC=O)C[C@H](O[C@H]4CC[C@@]5(C)[C@H](CC[C@@H]6[C@@H]5CC[C@]5(C)[C@@H](C7=CC(=O)OC7)[C@@H](OC=O)C[C@]65O)C4)O[C@@H]3C)O[C@@H]2C)C[C@H](OC=O)[C@@H]1OC=O. The Morgan fingerprint density at radius 3 is 1.24 bits per heavy atom. The maximum atomic E-state index is 12.8. The summed E-state index contributed by atoms with van der Waals surface area (Å²) in [7, 11) is 1.53. The maximum absolute atomic E-state index is 12.8. The van der Waals surface area contributed by atoms with Crippen molar-refractivity contribution in [3.63, 3.8) is 0 Å². The van der Waals surface area contributed by atoms with Crippen molar-refractivity contribution >= 4 is 44.3 Å². The summed E-state index contributed by atoms with van der Waals surface area (Å²) in [6, 6.07) is 0. The van der Waals surface area contributed by atoms with Crippen LogP contribution in [-0.2, 0) is 128 Å². The minimum absolute atomic E-state index is 0.00210. The van der Waals surface area contributed by atoms with Crippen molar-refractivity contribution < 1.29 is 159 Å². The van der Waals surface area contributed by atoms with E-state index in [1.165, 1.54) is 13.2 Å². The minimum Gasteiger partial charge on any atom is -0.464 e. The molecule has 0 bridgehead atoms. The van der Waals surface area contributed by atoms with E-state index >= 15 is 0 Å². The molecule has 16 rings (SSSR count). The summed E-state index contributed by atoms with van der Waals surface area (Å²) in [5.74, 6) is 0.106. The molecule has 6 N–H and O–H groups in total. The van der Waals surface area contributed by atoms with E-state index in [1.54, 1.807) is 26.8 Å². The first-order valence-electron chi connectivity index (χ1n) is 44.5. The molecule has 33 nitrogen and oxygen atoms in total. The van der Waals surface area contributed by atoms with Gasteiger partial charge in [0.1, 0.15) is 68.1 Å². The molecule has 8 aliphatic heterocycles. The third kappa shape index (κ3) is 17.1. The van der Waals surface area contributed by atoms with Gasteiger partial charge in [0.05, 0.1) is 84.4 Å². The molecular formula is C88H130O33. The fraction of sp³-hybridized carbons (Fsp3) is 0.875. The van der Waals surface area contributed by atoms with Gasteiger partial charge in [-0.1, -0.05) is 27.7 Å². The van der Waals surface area contributed by atoms with Crippen LogP contribution in [0.5, 0.6) is 0 Å². The van der Waals surface area contributed by atoms with Gasteiger partial charge in [0.2, 0.25) is 0 Å². The molecule has 0 radical (unpaired) electrons. The summed E-state index contributed by atoms with van der Waals surface area (Å²) in [4.78, 5) is 81.6. The monoisotopic (exact) mass is 1710 g/mol. The van der Waals surface area contributed by atoms with Gasteiger partial charge in [-0.3, -0.25) is 24.0 Å². The Hall–Kier alpha value is -4.99. The second-order valence-corrected chi connectivity index (χ2v) is 38.9. The van der Waals surface area contributed by atoms with E-state index in [-0.39, 0.29) is 135 Å². The number of aliphatic hydroxyl groups excluding tert-OH is 4. The lowest BCUT2D eigenvalue weighted by Crippen LogP contribution is -2.67. The number of hydrogen-bond donors (Lipinski definition) is 6. The van der Waals surface area contributed by atoms with E-state index in [4.69, 9.17) is 94.7 Å². The van der Waals surface area contributed by atoms with E-state index in [0.29, 0.717) is 50.5 Å². The molecule has 680 valence electrons. The van der Waals surface area contributed by atoms with E-state index in [0.717, 1.165) is 94.6 Å². The highest BCUT2D eigenvalue weighted by atomic mass is 16.8. The van der Waals surface area contributed by atoms with E-state index in [2.05, 4.69) is 20.8 Å². The number of ether oxygens (including phenoxy) is 20. The number of aliphatic hydroxyl groups is 6. The number of carbonyl (C=O) groups excluding carboxylic acids is 7. The summed E-state index contributed by atoms with van der Waals surface area (Å²) in [5, 5.41) is 70.1. The molecule has 16 aliphatic rings. The molecule has 0 amide bonds. The van der Waals surface area contributed by atoms with Gasteiger partial charge in [-0.05, 0) is 201 Å². The molecular weight excluding hydrogens is 1580 g/mol. The van der Waals surface area contributed by atoms with Crippen LogP contribution < -0.4 is 0 Å². The Morgan fingerprint density at radius 2 is 0.785 bits per heavy atom. The molecule has 0 spiro atoms. The Labute approximate surface area is 706 Å². The van der Waals surface area contributed by atoms with Crippen molar-refractivity contribution in [2.45, 2.75) is 394 Å². The molecule has 0 aromatic rings. The largest absolute Gasteiger partial charge is 0.464 e. The molecule has 0 aromatic heterocycles. The lowest BCUT2D eigenvalue weighted by Gasteiger charge is -2.65. The van der Waals surface area contributed by atoms with Gasteiger partial charge < -0.3 is 125 Å². The number of esters is 2. The standard InChI is InChI=1S/C46H64O19.C42H66O14/c1-24-41(59-23-51)32(55-19-47)14-38(60-24)64-43-26(3)62-39(16-34(43)57-21-49)65-42-25(2)61-37(15-33(42)56-20-48)63-29-8-10-44(4)28(13-29)6-7-31-30(44)9-11-45(5)40(27-12-36(52)54-18-27)35(58-22-50)17-46(31,45)53;1-20-37(49-6)29(43)16-35(51-20)55-39-22(3)53-36(18-31(39)45)56-38-21(2)52-34(17-30(38)44)54-25-9-11-40(4)24(14-25)7-8-27-28(40)15-32(46)41(5)26(10-12-42(27,41)48)23-13-33(47)50-19-23/h12,19-26,28-35,37-43,53H,6-11,13-18H2,1-5H3;13,20-22,24-32,34-39,43-46,48H,7-12,14-19H2,1-6H3/t24-,25-,26-,28-,29+,30+,31-,32+,33+,34+,35+,37+,38+,39+,40+,41-,42-,43-,44+,45-,46+;20-,21-,22-,24-,25+,26-,27-,28+,29+,30+,31+,32-,34+,35+,36+,37-,38-,39-,40+,41+,42+/m11/s1. The molecule has 0 aromatic carbocycles. The fourth-order valence-electron chi connectivity index (χ4n) is 26.9. The van der Waals surface area contributed by atoms with Gasteiger partial charge >= 0.3 is 11.9 Å². The molecule has 42 atom stereocenters. The lowest BCUT2D eigenvalue weighted by atomic mass is 9.42. The Balaban J connectivity index is 0.000000190. The van der Waals surface area contributed by atoms with Gasteiger partial charge in [0, 0.05) is 81.0 Å². The van der Waals surface area contributed by atoms with Gasteiger partial charge in [0.25, 0.3) is 32.4 Å². The average molecular weight is 1720 g/mol. The summed E-state index contributed by atoms with van der Waals surface area (Å²) in [6.07, 6.45) is -2.02. The Kier molecular flexibility index (Phi) is 27.5. The van der Waals surface area contributed by atoms with Crippen LogP contribution in [0, 0.1) is 69.0 Å². The van der Waals surface area contributed by atoms with Crippen molar-refractivity contribution in [3.05, 3.63) is 23.3 Å². The number of methoxy groups -OCH3 is 1. The third-order valence-corrected chi connectivity index (χ3v) is 33.0. The highest BCUT2D eigenvalue weighted by Crippen LogP contribution is 2.73. The fourth-order valence-corrected chi connectivity index (χ4v) is 26.9. The zero-order valence-corrected chi connectivity index (χ0v) is 71.5. The van der Waals surface area contributed by atoms with Gasteiger partial charge in [-0.2, -0.15) is 0 Å². The van der Waals surface area contributed by atoms with Crippen LogP contribution in [0.4, 0.5) is 0 Å². The molecule has 8 heterocycles. The van der Waals surface area contributed by atoms with E-state index in [9.17, 15) is 64.2 Å². The maximum Gasteiger partial charge on any atom is 0.331 e. The van der Waals surface area contributed by atoms with Crippen LogP contribution >= 0.6 is 0 Å². The molecule has 14 fully saturated rings. The number of cyclic esters (lactones) is 2. The lowest BCUT2D eigenvalue weighted by molar-refractivity contribution is -0.336. The van der Waals surface area contributed by atoms with E-state index in [1.807, 2.05) is 27.7 Å². The van der Waals surface area contributed by atoms with Crippen molar-refractivity contribution in [2.24, 2.45) is 69.0 Å². The van der Waals surface area contributed by atoms with Crippen LogP contribution in [0.25, 0.3) is 0 Å². The molecule has 8 saturated carbocycles. The smallest absolute Gasteiger partial charge is 0.331 e. The number of carbonyl (C=O) groups is 7. The molecule has 8 aliphatic carbocycles. The van der Waals surface area contributed by atoms with Crippen LogP contribution in [-0.4, -0.2) is 278 Å². The predicted octanol–water partition coefficient (Wildman–Crippen LogP) is 5.99. The summed E-state index contributed by atoms with van der Waals surface area (Å²) < 4.78 is 118. The average Bonchev–Trinajstić information content (AvgIpc) is 1.58. The molecule has 6 saturated heterocycles. The van der Waals surface area contributed by atoms with Crippen molar-refractivity contribution in [3.8, 4) is 0 Å². The van der Waals surface area contributed by atoms with Crippen molar-refractivity contribution in [1.29, 1.82) is 0 Å². The summed E-state index contributed by atoms with van der Waals surface area (Å²) in [5.41, 5.74) is -1.81. The third-order valence-electron chi connectivity index (χ3n) is 33.0. The topological polar surface area (TPSA) is 425 Å². The van der Waals surface area contributed by atoms with Crippen LogP contribution in [0.3, 0.4) is 0 Å². The first-order chi connectivity index (χ1) is 57.7. The zero-order valence-electron chi connectivity index (χ0n) is 71.5. The minimum atomic E-state index is -1.08. The zero-order chi connectivity index (χ0) is 86.2. The van der Waals surface area contributed by atoms with Crippen LogP contribution in [0.2, 0.25) is 0 Å². The number of hydrogen-bond acceptors (Lipinski definition) is 33. The normalized spacial score (nSPS) is 51.2. The number of fused-ring (bicyclic) bond motifs is 10. The molecule has 121 heavy (non-hydrogen) atoms. The quantitative estimate of drug-likeness (QED) is 0.0264.